The molecular formula is C17H19FO. The lowest BCUT2D eigenvalue weighted by molar-refractivity contribution is 0.175. The van der Waals surface area contributed by atoms with Gasteiger partial charge >= 0.3 is 0 Å². The highest BCUT2D eigenvalue weighted by Gasteiger charge is 2.16. The van der Waals surface area contributed by atoms with Crippen molar-refractivity contribution in [2.45, 2.75) is 33.3 Å². The van der Waals surface area contributed by atoms with Crippen LogP contribution in [0.3, 0.4) is 0 Å². The van der Waals surface area contributed by atoms with Crippen LogP contribution in [0.5, 0.6) is 0 Å². The second-order valence-corrected chi connectivity index (χ2v) is 5.12. The normalized spacial score (nSPS) is 12.5. The Morgan fingerprint density at radius 3 is 2.21 bits per heavy atom. The molecule has 19 heavy (non-hydrogen) atoms. The summed E-state index contributed by atoms with van der Waals surface area (Å²) in [5.41, 5.74) is 4.75. The van der Waals surface area contributed by atoms with Crippen LogP contribution in [-0.4, -0.2) is 5.11 Å². The molecule has 2 aromatic carbocycles. The smallest absolute Gasteiger partial charge is 0.126 e. The van der Waals surface area contributed by atoms with E-state index in [-0.39, 0.29) is 5.82 Å². The lowest BCUT2D eigenvalue weighted by atomic mass is 9.92. The van der Waals surface area contributed by atoms with Crippen LogP contribution >= 0.6 is 0 Å². The molecule has 100 valence electrons. The van der Waals surface area contributed by atoms with Gasteiger partial charge in [0.2, 0.25) is 0 Å². The fourth-order valence-electron chi connectivity index (χ4n) is 2.69. The minimum absolute atomic E-state index is 0.260. The fourth-order valence-corrected chi connectivity index (χ4v) is 2.69. The zero-order chi connectivity index (χ0) is 14.0. The number of aliphatic hydroxyl groups is 1. The van der Waals surface area contributed by atoms with Gasteiger partial charge in [0.1, 0.15) is 5.82 Å². The summed E-state index contributed by atoms with van der Waals surface area (Å²) in [5, 5.41) is 10.4. The second kappa shape index (κ2) is 5.54. The molecule has 0 aliphatic rings. The number of benzene rings is 2. The van der Waals surface area contributed by atoms with Gasteiger partial charge in [0.15, 0.2) is 0 Å². The Morgan fingerprint density at radius 1 is 1.05 bits per heavy atom. The minimum atomic E-state index is -0.669. The van der Waals surface area contributed by atoms with Gasteiger partial charge in [-0.25, -0.2) is 4.39 Å². The number of hydrogen-bond acceptors (Lipinski definition) is 1. The lowest BCUT2D eigenvalue weighted by Crippen LogP contribution is -2.07. The van der Waals surface area contributed by atoms with E-state index in [0.717, 1.165) is 16.7 Å². The maximum absolute atomic E-state index is 13.6. The summed E-state index contributed by atoms with van der Waals surface area (Å²) < 4.78 is 13.6. The monoisotopic (exact) mass is 258 g/mol. The summed E-state index contributed by atoms with van der Waals surface area (Å²) in [6.07, 6.45) is -0.366. The van der Waals surface area contributed by atoms with E-state index in [0.29, 0.717) is 12.0 Å². The molecule has 0 aliphatic carbocycles. The van der Waals surface area contributed by atoms with Crippen molar-refractivity contribution in [3.8, 4) is 0 Å². The van der Waals surface area contributed by atoms with E-state index in [4.69, 9.17) is 0 Å². The van der Waals surface area contributed by atoms with Gasteiger partial charge in [-0.05, 0) is 49.1 Å². The predicted octanol–water partition coefficient (Wildman–Crippen LogP) is 4.03. The maximum atomic E-state index is 13.6. The SMILES string of the molecule is Cc1cc(C)c(C(O)Cc2ccccc2F)c(C)c1. The molecule has 0 spiro atoms. The van der Waals surface area contributed by atoms with Crippen molar-refractivity contribution in [2.75, 3.05) is 0 Å². The van der Waals surface area contributed by atoms with Crippen molar-refractivity contribution in [2.24, 2.45) is 0 Å². The molecule has 0 fully saturated rings. The summed E-state index contributed by atoms with van der Waals surface area (Å²) in [6.45, 7) is 6.01. The largest absolute Gasteiger partial charge is 0.388 e. The molecule has 0 bridgehead atoms. The summed E-state index contributed by atoms with van der Waals surface area (Å²) >= 11 is 0. The van der Waals surface area contributed by atoms with Crippen LogP contribution < -0.4 is 0 Å². The highest BCUT2D eigenvalue weighted by atomic mass is 19.1. The van der Waals surface area contributed by atoms with E-state index in [1.165, 1.54) is 11.6 Å². The summed E-state index contributed by atoms with van der Waals surface area (Å²) in [4.78, 5) is 0. The summed E-state index contributed by atoms with van der Waals surface area (Å²) in [6, 6.07) is 10.7. The van der Waals surface area contributed by atoms with Crippen molar-refractivity contribution in [1.29, 1.82) is 0 Å². The highest BCUT2D eigenvalue weighted by molar-refractivity contribution is 5.39. The topological polar surface area (TPSA) is 20.2 Å². The van der Waals surface area contributed by atoms with Crippen molar-refractivity contribution >= 4 is 0 Å². The second-order valence-electron chi connectivity index (χ2n) is 5.12. The predicted molar refractivity (Wildman–Crippen MR) is 75.7 cm³/mol. The van der Waals surface area contributed by atoms with E-state index in [9.17, 15) is 9.50 Å². The van der Waals surface area contributed by atoms with E-state index < -0.39 is 6.10 Å². The fraction of sp³-hybridized carbons (Fsp3) is 0.294. The van der Waals surface area contributed by atoms with Crippen molar-refractivity contribution in [3.63, 3.8) is 0 Å². The van der Waals surface area contributed by atoms with Crippen molar-refractivity contribution in [3.05, 3.63) is 70.0 Å². The van der Waals surface area contributed by atoms with Gasteiger partial charge in [0.05, 0.1) is 6.10 Å². The Morgan fingerprint density at radius 2 is 1.63 bits per heavy atom. The van der Waals surface area contributed by atoms with Gasteiger partial charge in [-0.15, -0.1) is 0 Å². The molecule has 1 atom stereocenters. The first kappa shape index (κ1) is 13.8. The van der Waals surface area contributed by atoms with Crippen LogP contribution in [0.25, 0.3) is 0 Å². The summed E-state index contributed by atoms with van der Waals surface area (Å²) in [7, 11) is 0. The van der Waals surface area contributed by atoms with E-state index in [2.05, 4.69) is 0 Å². The van der Waals surface area contributed by atoms with Crippen LogP contribution in [0.15, 0.2) is 36.4 Å². The third-order valence-corrected chi connectivity index (χ3v) is 3.44. The Bertz CT molecular complexity index is 567. The molecule has 0 radical (unpaired) electrons. The zero-order valence-electron chi connectivity index (χ0n) is 11.6. The first-order valence-electron chi connectivity index (χ1n) is 6.48. The van der Waals surface area contributed by atoms with Gasteiger partial charge in [-0.1, -0.05) is 35.9 Å². The molecule has 1 nitrogen and oxygen atoms in total. The lowest BCUT2D eigenvalue weighted by Gasteiger charge is -2.18. The van der Waals surface area contributed by atoms with Crippen LogP contribution in [0.1, 0.15) is 33.9 Å². The molecular weight excluding hydrogens is 239 g/mol. The van der Waals surface area contributed by atoms with Gasteiger partial charge in [0.25, 0.3) is 0 Å². The van der Waals surface area contributed by atoms with Gasteiger partial charge in [-0.3, -0.25) is 0 Å². The molecule has 2 rings (SSSR count). The molecule has 0 heterocycles. The number of rotatable bonds is 3. The van der Waals surface area contributed by atoms with Crippen molar-refractivity contribution in [1.82, 2.24) is 0 Å². The molecule has 0 amide bonds. The molecule has 2 heteroatoms. The molecule has 0 aromatic heterocycles. The van der Waals surface area contributed by atoms with Gasteiger partial charge < -0.3 is 5.11 Å². The Hall–Kier alpha value is -1.67. The molecule has 0 saturated carbocycles. The number of hydrogen-bond donors (Lipinski definition) is 1. The van der Waals surface area contributed by atoms with Gasteiger partial charge in [0, 0.05) is 6.42 Å². The van der Waals surface area contributed by atoms with E-state index in [1.54, 1.807) is 18.2 Å². The average Bonchev–Trinajstić information content (AvgIpc) is 2.30. The van der Waals surface area contributed by atoms with Crippen molar-refractivity contribution < 1.29 is 9.50 Å². The van der Waals surface area contributed by atoms with E-state index >= 15 is 0 Å². The Balaban J connectivity index is 2.31. The number of aryl methyl sites for hydroxylation is 3. The first-order chi connectivity index (χ1) is 8.99. The standard InChI is InChI=1S/C17H19FO/c1-11-8-12(2)17(13(3)9-11)16(19)10-14-6-4-5-7-15(14)18/h4-9,16,19H,10H2,1-3H3. The molecule has 1 N–H and O–H groups in total. The minimum Gasteiger partial charge on any atom is -0.388 e. The quantitative estimate of drug-likeness (QED) is 0.881. The maximum Gasteiger partial charge on any atom is 0.126 e. The molecule has 0 aliphatic heterocycles. The molecule has 1 unspecified atom stereocenters. The highest BCUT2D eigenvalue weighted by Crippen LogP contribution is 2.26. The van der Waals surface area contributed by atoms with Crippen LogP contribution in [-0.2, 0) is 6.42 Å². The third kappa shape index (κ3) is 3.02. The first-order valence-corrected chi connectivity index (χ1v) is 6.48. The van der Waals surface area contributed by atoms with Crippen LogP contribution in [0.4, 0.5) is 4.39 Å². The molecule has 2 aromatic rings. The third-order valence-electron chi connectivity index (χ3n) is 3.44. The summed E-state index contributed by atoms with van der Waals surface area (Å²) in [5.74, 6) is -0.260. The zero-order valence-corrected chi connectivity index (χ0v) is 11.6. The number of halogens is 1. The van der Waals surface area contributed by atoms with Gasteiger partial charge in [-0.2, -0.15) is 0 Å². The van der Waals surface area contributed by atoms with Crippen LogP contribution in [0, 0.1) is 26.6 Å². The Kier molecular flexibility index (Phi) is 4.01. The average molecular weight is 258 g/mol. The number of aliphatic hydroxyl groups excluding tert-OH is 1. The van der Waals surface area contributed by atoms with Crippen LogP contribution in [0.2, 0.25) is 0 Å². The molecule has 0 saturated heterocycles. The Labute approximate surface area is 113 Å². The van der Waals surface area contributed by atoms with E-state index in [1.807, 2.05) is 32.9 Å².